The van der Waals surface area contributed by atoms with Crippen molar-refractivity contribution in [3.8, 4) is 5.75 Å². The van der Waals surface area contributed by atoms with Crippen LogP contribution in [0.2, 0.25) is 5.02 Å². The number of benzene rings is 1. The van der Waals surface area contributed by atoms with Crippen molar-refractivity contribution < 1.29 is 19.8 Å². The molecule has 0 fully saturated rings. The Morgan fingerprint density at radius 3 is 2.70 bits per heavy atom. The highest BCUT2D eigenvalue weighted by atomic mass is 35.5. The van der Waals surface area contributed by atoms with Crippen molar-refractivity contribution in [1.29, 1.82) is 0 Å². The lowest BCUT2D eigenvalue weighted by atomic mass is 10.2. The fraction of sp³-hybridized carbons (Fsp3) is 0.0833. The number of carboxylic acid groups (broad SMARTS) is 1. The number of hydrogen-bond acceptors (Lipinski definition) is 5. The number of carbonyl (C=O) groups excluding carboxylic acids is 1. The molecule has 2 rings (SSSR count). The fourth-order valence-electron chi connectivity index (χ4n) is 1.57. The molecule has 0 spiro atoms. The molecule has 0 aliphatic heterocycles. The monoisotopic (exact) mass is 312 g/mol. The smallest absolute Gasteiger partial charge is 0.340 e. The number of amides is 1. The van der Waals surface area contributed by atoms with Gasteiger partial charge in [-0.1, -0.05) is 11.6 Å². The molecule has 0 radical (unpaired) electrons. The Labute approximate surface area is 122 Å². The van der Waals surface area contributed by atoms with Gasteiger partial charge in [0, 0.05) is 5.02 Å². The van der Waals surface area contributed by atoms with Crippen molar-refractivity contribution in [3.05, 3.63) is 40.0 Å². The zero-order valence-electron chi connectivity index (χ0n) is 10.2. The molecule has 1 aromatic heterocycles. The molecular weight excluding hydrogens is 304 g/mol. The van der Waals surface area contributed by atoms with Gasteiger partial charge >= 0.3 is 5.97 Å². The Morgan fingerprint density at radius 1 is 1.40 bits per heavy atom. The Kier molecular flexibility index (Phi) is 3.91. The molecule has 0 saturated carbocycles. The number of nitrogens with one attached hydrogen (secondary N) is 1. The molecule has 104 valence electrons. The minimum atomic E-state index is -1.17. The van der Waals surface area contributed by atoms with E-state index in [-0.39, 0.29) is 21.9 Å². The molecule has 0 unspecified atom stereocenters. The zero-order chi connectivity index (χ0) is 14.9. The predicted molar refractivity (Wildman–Crippen MR) is 74.9 cm³/mol. The summed E-state index contributed by atoms with van der Waals surface area (Å²) in [4.78, 5) is 23.1. The van der Waals surface area contributed by atoms with Crippen LogP contribution in [0.25, 0.3) is 0 Å². The third-order valence-corrected chi connectivity index (χ3v) is 3.60. The molecule has 0 aliphatic carbocycles. The third kappa shape index (κ3) is 2.73. The maximum atomic E-state index is 12.0. The lowest BCUT2D eigenvalue weighted by Crippen LogP contribution is -2.13. The van der Waals surface area contributed by atoms with E-state index in [2.05, 4.69) is 9.69 Å². The van der Waals surface area contributed by atoms with E-state index < -0.39 is 11.9 Å². The van der Waals surface area contributed by atoms with Crippen LogP contribution in [-0.4, -0.2) is 26.5 Å². The minimum absolute atomic E-state index is 0.00297. The van der Waals surface area contributed by atoms with Gasteiger partial charge in [-0.2, -0.15) is 4.37 Å². The normalized spacial score (nSPS) is 10.3. The van der Waals surface area contributed by atoms with Crippen molar-refractivity contribution in [2.45, 2.75) is 6.92 Å². The van der Waals surface area contributed by atoms with Gasteiger partial charge in [-0.25, -0.2) is 4.79 Å². The fourth-order valence-corrected chi connectivity index (χ4v) is 2.52. The number of aromatic carboxylic acids is 1. The number of aromatic nitrogens is 1. The van der Waals surface area contributed by atoms with Gasteiger partial charge < -0.3 is 15.5 Å². The molecule has 3 N–H and O–H groups in total. The zero-order valence-corrected chi connectivity index (χ0v) is 11.7. The number of phenols is 1. The maximum absolute atomic E-state index is 12.0. The Hall–Kier alpha value is -2.12. The van der Waals surface area contributed by atoms with Crippen LogP contribution in [0.1, 0.15) is 26.4 Å². The van der Waals surface area contributed by atoms with E-state index in [0.717, 1.165) is 11.5 Å². The highest BCUT2D eigenvalue weighted by Gasteiger charge is 2.20. The summed E-state index contributed by atoms with van der Waals surface area (Å²) in [5.74, 6) is -2.09. The molecular formula is C12H9ClN2O4S. The quantitative estimate of drug-likeness (QED) is 0.809. The van der Waals surface area contributed by atoms with Crippen molar-refractivity contribution in [2.75, 3.05) is 5.32 Å². The van der Waals surface area contributed by atoms with Crippen LogP contribution in [0, 0.1) is 6.92 Å². The van der Waals surface area contributed by atoms with Gasteiger partial charge in [0.05, 0.1) is 11.3 Å². The van der Waals surface area contributed by atoms with Crippen molar-refractivity contribution >= 4 is 40.0 Å². The van der Waals surface area contributed by atoms with Crippen molar-refractivity contribution in [3.63, 3.8) is 0 Å². The lowest BCUT2D eigenvalue weighted by molar-refractivity contribution is 0.0697. The highest BCUT2D eigenvalue weighted by molar-refractivity contribution is 7.11. The van der Waals surface area contributed by atoms with Crippen LogP contribution in [-0.2, 0) is 0 Å². The standard InChI is InChI=1S/C12H9ClN2O4S/c1-5-9(12(18)19)11(20-15-5)14-10(17)7-3-2-6(13)4-8(7)16/h2-4,16H,1H3,(H,14,17)(H,18,19). The highest BCUT2D eigenvalue weighted by Crippen LogP contribution is 2.27. The van der Waals surface area contributed by atoms with Gasteiger partial charge in [-0.05, 0) is 36.7 Å². The summed E-state index contributed by atoms with van der Waals surface area (Å²) in [5, 5.41) is 21.5. The largest absolute Gasteiger partial charge is 0.507 e. The van der Waals surface area contributed by atoms with Crippen LogP contribution in [0.3, 0.4) is 0 Å². The molecule has 6 nitrogen and oxygen atoms in total. The number of anilines is 1. The number of carboxylic acids is 1. The van der Waals surface area contributed by atoms with Crippen molar-refractivity contribution in [1.82, 2.24) is 4.37 Å². The molecule has 0 bridgehead atoms. The third-order valence-electron chi connectivity index (χ3n) is 2.51. The van der Waals surface area contributed by atoms with Crippen LogP contribution in [0.5, 0.6) is 5.75 Å². The predicted octanol–water partition coefficient (Wildman–Crippen LogP) is 2.76. The van der Waals surface area contributed by atoms with Crippen molar-refractivity contribution in [2.24, 2.45) is 0 Å². The molecule has 1 heterocycles. The SMILES string of the molecule is Cc1nsc(NC(=O)c2ccc(Cl)cc2O)c1C(=O)O. The van der Waals surface area contributed by atoms with E-state index in [1.807, 2.05) is 0 Å². The molecule has 0 saturated heterocycles. The first-order valence-electron chi connectivity index (χ1n) is 5.39. The number of aryl methyl sites for hydroxylation is 1. The van der Waals surface area contributed by atoms with Gasteiger partial charge in [0.25, 0.3) is 5.91 Å². The maximum Gasteiger partial charge on any atom is 0.340 e. The molecule has 0 aliphatic rings. The first-order valence-corrected chi connectivity index (χ1v) is 6.54. The number of halogens is 1. The summed E-state index contributed by atoms with van der Waals surface area (Å²) < 4.78 is 3.88. The van der Waals surface area contributed by atoms with E-state index in [1.165, 1.54) is 25.1 Å². The Bertz CT molecular complexity index is 699. The first kappa shape index (κ1) is 14.3. The number of carbonyl (C=O) groups is 2. The van der Waals surface area contributed by atoms with E-state index in [0.29, 0.717) is 10.7 Å². The van der Waals surface area contributed by atoms with Crippen LogP contribution in [0.4, 0.5) is 5.00 Å². The van der Waals surface area contributed by atoms with Crippen LogP contribution < -0.4 is 5.32 Å². The molecule has 20 heavy (non-hydrogen) atoms. The van der Waals surface area contributed by atoms with E-state index in [4.69, 9.17) is 16.7 Å². The minimum Gasteiger partial charge on any atom is -0.507 e. The van der Waals surface area contributed by atoms with Gasteiger partial charge in [-0.15, -0.1) is 0 Å². The summed E-state index contributed by atoms with van der Waals surface area (Å²) >= 11 is 6.54. The molecule has 1 aromatic carbocycles. The Morgan fingerprint density at radius 2 is 2.10 bits per heavy atom. The number of nitrogens with zero attached hydrogens (tertiary/aromatic N) is 1. The van der Waals surface area contributed by atoms with E-state index >= 15 is 0 Å². The summed E-state index contributed by atoms with van der Waals surface area (Å²) in [6.45, 7) is 1.54. The van der Waals surface area contributed by atoms with Gasteiger partial charge in [-0.3, -0.25) is 4.79 Å². The number of rotatable bonds is 3. The number of phenolic OH excluding ortho intramolecular Hbond substituents is 1. The van der Waals surface area contributed by atoms with Crippen LogP contribution >= 0.6 is 23.1 Å². The first-order chi connectivity index (χ1) is 9.40. The van der Waals surface area contributed by atoms with Gasteiger partial charge in [0.15, 0.2) is 0 Å². The number of hydrogen-bond donors (Lipinski definition) is 3. The van der Waals surface area contributed by atoms with Gasteiger partial charge in [0.1, 0.15) is 16.3 Å². The summed E-state index contributed by atoms with van der Waals surface area (Å²) in [5.41, 5.74) is 0.256. The summed E-state index contributed by atoms with van der Waals surface area (Å²) in [6, 6.07) is 4.03. The van der Waals surface area contributed by atoms with Gasteiger partial charge in [0.2, 0.25) is 0 Å². The molecule has 8 heteroatoms. The summed E-state index contributed by atoms with van der Waals surface area (Å²) in [6.07, 6.45) is 0. The second kappa shape index (κ2) is 5.48. The Balaban J connectivity index is 2.31. The summed E-state index contributed by atoms with van der Waals surface area (Å²) in [7, 11) is 0. The molecule has 1 amide bonds. The molecule has 0 atom stereocenters. The second-order valence-corrected chi connectivity index (χ2v) is 5.10. The topological polar surface area (TPSA) is 99.5 Å². The average molecular weight is 313 g/mol. The number of aromatic hydroxyl groups is 1. The average Bonchev–Trinajstić information content (AvgIpc) is 2.70. The van der Waals surface area contributed by atoms with E-state index in [9.17, 15) is 14.7 Å². The second-order valence-electron chi connectivity index (χ2n) is 3.89. The van der Waals surface area contributed by atoms with Crippen LogP contribution in [0.15, 0.2) is 18.2 Å². The lowest BCUT2D eigenvalue weighted by Gasteiger charge is -2.06. The molecule has 2 aromatic rings. The van der Waals surface area contributed by atoms with E-state index in [1.54, 1.807) is 0 Å².